The van der Waals surface area contributed by atoms with Gasteiger partial charge in [0.1, 0.15) is 0 Å². The molecule has 0 unspecified atom stereocenters. The van der Waals surface area contributed by atoms with E-state index >= 15 is 0 Å². The Bertz CT molecular complexity index is 1800. The first-order chi connectivity index (χ1) is 18.6. The summed E-state index contributed by atoms with van der Waals surface area (Å²) in [5, 5.41) is 2.34. The molecule has 0 saturated carbocycles. The molecule has 0 aliphatic carbocycles. The van der Waals surface area contributed by atoms with Crippen LogP contribution in [0.4, 0.5) is 0 Å². The molecule has 0 saturated heterocycles. The Morgan fingerprint density at radius 2 is 0.950 bits per heavy atom. The maximum Gasteiger partial charge on any atom is 2.00 e. The molecule has 0 N–H and O–H groups in total. The third-order valence-corrected chi connectivity index (χ3v) is 7.86. The fourth-order valence-electron chi connectivity index (χ4n) is 5.53. The minimum absolute atomic E-state index is 0. The van der Waals surface area contributed by atoms with E-state index in [0.29, 0.717) is 0 Å². The zero-order valence-corrected chi connectivity index (χ0v) is 25.9. The summed E-state index contributed by atoms with van der Waals surface area (Å²) in [6.07, 6.45) is 0. The molecule has 3 aromatic heterocycles. The molecular weight excluding hydrogens is 669 g/mol. The summed E-state index contributed by atoms with van der Waals surface area (Å²) < 4.78 is 0. The van der Waals surface area contributed by atoms with Crippen LogP contribution >= 0.6 is 0 Å². The summed E-state index contributed by atoms with van der Waals surface area (Å²) in [5.41, 5.74) is 12.1. The van der Waals surface area contributed by atoms with Crippen LogP contribution in [0.3, 0.4) is 0 Å². The largest absolute Gasteiger partial charge is 2.00 e. The molecular formula is C36H31N3Pt. The van der Waals surface area contributed by atoms with Crippen molar-refractivity contribution < 1.29 is 21.1 Å². The third kappa shape index (κ3) is 4.32. The molecule has 8 bridgehead atoms. The Labute approximate surface area is 250 Å². The average molecular weight is 701 g/mol. The molecule has 0 amide bonds. The summed E-state index contributed by atoms with van der Waals surface area (Å²) in [5.74, 6) is 0. The van der Waals surface area contributed by atoms with Crippen molar-refractivity contribution in [3.63, 3.8) is 0 Å². The number of hydrogen-bond acceptors (Lipinski definition) is 2. The van der Waals surface area contributed by atoms with Gasteiger partial charge in [-0.05, 0) is 56.0 Å². The summed E-state index contributed by atoms with van der Waals surface area (Å²) in [4.78, 5) is 15.7. The number of benzene rings is 3. The van der Waals surface area contributed by atoms with Crippen LogP contribution in [0.2, 0.25) is 0 Å². The molecule has 0 spiro atoms. The number of fused-ring (bicyclic) bond motifs is 11. The van der Waals surface area contributed by atoms with E-state index in [1.807, 2.05) is 0 Å². The van der Waals surface area contributed by atoms with Crippen LogP contribution in [-0.2, 0) is 31.9 Å². The second-order valence-electron chi connectivity index (χ2n) is 12.7. The van der Waals surface area contributed by atoms with E-state index in [1.165, 1.54) is 21.9 Å². The zero-order chi connectivity index (χ0) is 27.1. The molecule has 6 aromatic rings. The molecule has 3 nitrogen and oxygen atoms in total. The minimum Gasteiger partial charge on any atom is -0.656 e. The fraction of sp³-hybridized carbons (Fsp3) is 0.222. The van der Waals surface area contributed by atoms with E-state index in [2.05, 4.69) is 126 Å². The molecule has 40 heavy (non-hydrogen) atoms. The molecule has 1 aliphatic rings. The predicted molar refractivity (Wildman–Crippen MR) is 162 cm³/mol. The fourth-order valence-corrected chi connectivity index (χ4v) is 5.53. The van der Waals surface area contributed by atoms with Gasteiger partial charge in [0.25, 0.3) is 0 Å². The van der Waals surface area contributed by atoms with Crippen molar-refractivity contribution in [2.24, 2.45) is 0 Å². The molecule has 200 valence electrons. The van der Waals surface area contributed by atoms with Crippen molar-refractivity contribution in [3.05, 3.63) is 96.1 Å². The molecule has 0 atom stereocenters. The maximum atomic E-state index is 5.36. The van der Waals surface area contributed by atoms with Crippen LogP contribution < -0.4 is 4.98 Å². The second-order valence-corrected chi connectivity index (χ2v) is 12.7. The van der Waals surface area contributed by atoms with E-state index in [1.54, 1.807) is 0 Å². The monoisotopic (exact) mass is 700 g/mol. The quantitative estimate of drug-likeness (QED) is 0.148. The molecule has 0 fully saturated rings. The van der Waals surface area contributed by atoms with Crippen LogP contribution in [0.5, 0.6) is 0 Å². The van der Waals surface area contributed by atoms with Gasteiger partial charge in [-0.3, -0.25) is 9.97 Å². The van der Waals surface area contributed by atoms with E-state index < -0.39 is 0 Å². The molecule has 4 heterocycles. The van der Waals surface area contributed by atoms with Gasteiger partial charge in [-0.25, -0.2) is 0 Å². The minimum atomic E-state index is -0.0322. The standard InChI is InChI=1S/C36H31N3.Pt/c1-35(2,3)23-17-25-26-18-24(36(4,5)6)20-28-32-15-9-13-30(38-32)22-11-7-10-21(16-22)29-12-8-14-31(37-29)27(19-23)33(25)39-34(26)28;/h7-15,17-20H,1-6H3;/q-2;+2. The van der Waals surface area contributed by atoms with Crippen molar-refractivity contribution in [1.29, 1.82) is 0 Å². The van der Waals surface area contributed by atoms with Crippen LogP contribution in [0.1, 0.15) is 52.7 Å². The first-order valence-corrected chi connectivity index (χ1v) is 13.6. The van der Waals surface area contributed by atoms with Crippen molar-refractivity contribution in [3.8, 4) is 45.0 Å². The first kappa shape index (κ1) is 26.7. The Balaban J connectivity index is 0.00000289. The SMILES string of the molecule is CC(C)(C)c1cc2c3[n-]c4c(cc(C(C)(C)C)cc4c3c1)-c1cccc(n1)-c1[c-]c(ccc1)-c1cccc-2n1.[Pt+2]. The Morgan fingerprint density at radius 3 is 1.38 bits per heavy atom. The Hall–Kier alpha value is -3.55. The van der Waals surface area contributed by atoms with Gasteiger partial charge in [0.2, 0.25) is 0 Å². The normalized spacial score (nSPS) is 12.6. The van der Waals surface area contributed by atoms with E-state index in [0.717, 1.165) is 56.1 Å². The van der Waals surface area contributed by atoms with E-state index in [9.17, 15) is 0 Å². The van der Waals surface area contributed by atoms with Gasteiger partial charge in [0.05, 0.1) is 11.4 Å². The Morgan fingerprint density at radius 1 is 0.550 bits per heavy atom. The van der Waals surface area contributed by atoms with E-state index in [-0.39, 0.29) is 31.9 Å². The third-order valence-electron chi connectivity index (χ3n) is 7.86. The summed E-state index contributed by atoms with van der Waals surface area (Å²) in [7, 11) is 0. The van der Waals surface area contributed by atoms with E-state index in [4.69, 9.17) is 15.0 Å². The van der Waals surface area contributed by atoms with Crippen LogP contribution in [0.25, 0.3) is 66.8 Å². The van der Waals surface area contributed by atoms with Crippen molar-refractivity contribution >= 4 is 21.8 Å². The molecule has 3 aromatic carbocycles. The smallest absolute Gasteiger partial charge is 0.656 e. The second kappa shape index (κ2) is 9.25. The number of rotatable bonds is 0. The average Bonchev–Trinajstić information content (AvgIpc) is 3.30. The molecule has 7 rings (SSSR count). The number of aromatic nitrogens is 3. The van der Waals surface area contributed by atoms with Crippen molar-refractivity contribution in [2.45, 2.75) is 52.4 Å². The summed E-state index contributed by atoms with van der Waals surface area (Å²) >= 11 is 0. The summed E-state index contributed by atoms with van der Waals surface area (Å²) in [6, 6.07) is 31.6. The van der Waals surface area contributed by atoms with Gasteiger partial charge < -0.3 is 4.98 Å². The van der Waals surface area contributed by atoms with Gasteiger partial charge in [0, 0.05) is 11.4 Å². The number of pyridine rings is 2. The van der Waals surface area contributed by atoms with Gasteiger partial charge in [-0.2, -0.15) is 0 Å². The number of hydrogen-bond donors (Lipinski definition) is 0. The van der Waals surface area contributed by atoms with Crippen LogP contribution in [0.15, 0.2) is 78.9 Å². The van der Waals surface area contributed by atoms with Crippen LogP contribution in [0, 0.1) is 6.07 Å². The molecule has 1 aliphatic heterocycles. The van der Waals surface area contributed by atoms with Gasteiger partial charge in [-0.15, -0.1) is 35.3 Å². The van der Waals surface area contributed by atoms with Gasteiger partial charge >= 0.3 is 21.1 Å². The van der Waals surface area contributed by atoms with Crippen molar-refractivity contribution in [2.75, 3.05) is 0 Å². The molecule has 4 heteroatoms. The van der Waals surface area contributed by atoms with Gasteiger partial charge in [0.15, 0.2) is 0 Å². The van der Waals surface area contributed by atoms with Crippen LogP contribution in [-0.4, -0.2) is 9.97 Å². The van der Waals surface area contributed by atoms with Gasteiger partial charge in [-0.1, -0.05) is 101 Å². The Kier molecular flexibility index (Phi) is 6.16. The first-order valence-electron chi connectivity index (χ1n) is 13.6. The van der Waals surface area contributed by atoms with Crippen molar-refractivity contribution in [1.82, 2.24) is 15.0 Å². The number of nitrogens with zero attached hydrogens (tertiary/aromatic N) is 3. The maximum absolute atomic E-state index is 5.36. The molecule has 0 radical (unpaired) electrons. The summed E-state index contributed by atoms with van der Waals surface area (Å²) in [6.45, 7) is 13.6. The topological polar surface area (TPSA) is 39.9 Å². The zero-order valence-electron chi connectivity index (χ0n) is 23.7. The predicted octanol–water partition coefficient (Wildman–Crippen LogP) is 9.11.